The number of nitrogens with two attached hydrogens (primary N) is 1. The van der Waals surface area contributed by atoms with Gasteiger partial charge in [0.25, 0.3) is 0 Å². The number of ether oxygens (including phenoxy) is 2. The zero-order chi connectivity index (χ0) is 13.7. The van der Waals surface area contributed by atoms with Crippen LogP contribution in [0.1, 0.15) is 16.5 Å². The molecule has 0 aliphatic carbocycles. The maximum Gasteiger partial charge on any atom is 0.119 e. The first-order valence-electron chi connectivity index (χ1n) is 5.91. The summed E-state index contributed by atoms with van der Waals surface area (Å²) in [5, 5.41) is 2.03. The molecule has 0 bridgehead atoms. The zero-order valence-corrected chi connectivity index (χ0v) is 13.0. The van der Waals surface area contributed by atoms with Crippen molar-refractivity contribution in [2.75, 3.05) is 13.7 Å². The van der Waals surface area contributed by atoms with Crippen molar-refractivity contribution in [3.8, 4) is 5.75 Å². The molecule has 2 rings (SSSR count). The monoisotopic (exact) mass is 341 g/mol. The molecule has 0 radical (unpaired) electrons. The second-order valence-electron chi connectivity index (χ2n) is 4.05. The highest BCUT2D eigenvalue weighted by Crippen LogP contribution is 2.28. The average molecular weight is 342 g/mol. The topological polar surface area (TPSA) is 44.5 Å². The number of methoxy groups -OCH3 is 1. The van der Waals surface area contributed by atoms with Crippen LogP contribution in [-0.4, -0.2) is 13.7 Å². The van der Waals surface area contributed by atoms with E-state index in [-0.39, 0.29) is 6.10 Å². The molecule has 5 heteroatoms. The fourth-order valence-electron chi connectivity index (χ4n) is 1.72. The van der Waals surface area contributed by atoms with Crippen LogP contribution in [-0.2, 0) is 11.3 Å². The van der Waals surface area contributed by atoms with Gasteiger partial charge in [-0.15, -0.1) is 11.3 Å². The molecular weight excluding hydrogens is 326 g/mol. The molecular formula is C14H16BrNO2S. The summed E-state index contributed by atoms with van der Waals surface area (Å²) in [6, 6.07) is 9.91. The van der Waals surface area contributed by atoms with Crippen LogP contribution in [0.25, 0.3) is 0 Å². The predicted octanol–water partition coefficient (Wildman–Crippen LogP) is 3.74. The first-order valence-corrected chi connectivity index (χ1v) is 7.58. The molecule has 0 fully saturated rings. The van der Waals surface area contributed by atoms with E-state index in [4.69, 9.17) is 15.2 Å². The summed E-state index contributed by atoms with van der Waals surface area (Å²) in [7, 11) is 1.66. The highest BCUT2D eigenvalue weighted by Gasteiger charge is 2.12. The first-order chi connectivity index (χ1) is 9.22. The molecule has 1 aromatic heterocycles. The highest BCUT2D eigenvalue weighted by molar-refractivity contribution is 9.10. The van der Waals surface area contributed by atoms with E-state index in [0.717, 1.165) is 20.7 Å². The minimum absolute atomic E-state index is 0.0671. The molecule has 0 amide bonds. The normalized spacial score (nSPS) is 12.4. The maximum absolute atomic E-state index is 5.89. The number of halogens is 1. The number of benzene rings is 1. The quantitative estimate of drug-likeness (QED) is 0.870. The third-order valence-corrected chi connectivity index (χ3v) is 4.49. The Morgan fingerprint density at radius 1 is 1.37 bits per heavy atom. The van der Waals surface area contributed by atoms with Gasteiger partial charge in [0.15, 0.2) is 0 Å². The fraction of sp³-hybridized carbons (Fsp3) is 0.286. The number of hydrogen-bond acceptors (Lipinski definition) is 4. The molecule has 1 heterocycles. The Morgan fingerprint density at radius 3 is 2.84 bits per heavy atom. The van der Waals surface area contributed by atoms with E-state index < -0.39 is 0 Å². The summed E-state index contributed by atoms with van der Waals surface area (Å²) in [5.74, 6) is 0.837. The summed E-state index contributed by atoms with van der Waals surface area (Å²) >= 11 is 5.09. The third kappa shape index (κ3) is 4.04. The van der Waals surface area contributed by atoms with E-state index in [1.54, 1.807) is 18.4 Å². The van der Waals surface area contributed by atoms with Crippen molar-refractivity contribution in [3.05, 3.63) is 50.6 Å². The van der Waals surface area contributed by atoms with Crippen molar-refractivity contribution in [2.24, 2.45) is 5.73 Å². The smallest absolute Gasteiger partial charge is 0.119 e. The van der Waals surface area contributed by atoms with Crippen molar-refractivity contribution in [3.63, 3.8) is 0 Å². The summed E-state index contributed by atoms with van der Waals surface area (Å²) in [6.45, 7) is 0.992. The van der Waals surface area contributed by atoms with E-state index in [9.17, 15) is 0 Å². The number of rotatable bonds is 6. The second kappa shape index (κ2) is 7.05. The summed E-state index contributed by atoms with van der Waals surface area (Å²) in [6.07, 6.45) is -0.0671. The van der Waals surface area contributed by atoms with Gasteiger partial charge in [-0.2, -0.15) is 0 Å². The van der Waals surface area contributed by atoms with Crippen LogP contribution in [0, 0.1) is 0 Å². The van der Waals surface area contributed by atoms with Gasteiger partial charge in [0.1, 0.15) is 11.9 Å². The van der Waals surface area contributed by atoms with Gasteiger partial charge in [0.2, 0.25) is 0 Å². The lowest BCUT2D eigenvalue weighted by Crippen LogP contribution is -2.14. The first kappa shape index (κ1) is 14.5. The van der Waals surface area contributed by atoms with Crippen LogP contribution >= 0.6 is 27.3 Å². The van der Waals surface area contributed by atoms with Crippen molar-refractivity contribution >= 4 is 27.3 Å². The molecule has 0 aliphatic rings. The summed E-state index contributed by atoms with van der Waals surface area (Å²) in [5.41, 5.74) is 6.85. The second-order valence-corrected chi connectivity index (χ2v) is 5.91. The Morgan fingerprint density at radius 2 is 2.21 bits per heavy atom. The number of thiophene rings is 1. The van der Waals surface area contributed by atoms with Crippen molar-refractivity contribution in [2.45, 2.75) is 12.7 Å². The van der Waals surface area contributed by atoms with Gasteiger partial charge in [-0.3, -0.25) is 0 Å². The van der Waals surface area contributed by atoms with Crippen LogP contribution in [0.4, 0.5) is 0 Å². The fourth-order valence-corrected chi connectivity index (χ4v) is 3.23. The van der Waals surface area contributed by atoms with E-state index in [1.165, 1.54) is 0 Å². The lowest BCUT2D eigenvalue weighted by atomic mass is 10.2. The van der Waals surface area contributed by atoms with E-state index in [0.29, 0.717) is 13.2 Å². The molecule has 2 N–H and O–H groups in total. The van der Waals surface area contributed by atoms with Gasteiger partial charge in [-0.05, 0) is 39.7 Å². The Hall–Kier alpha value is -0.880. The van der Waals surface area contributed by atoms with Crippen molar-refractivity contribution < 1.29 is 9.47 Å². The summed E-state index contributed by atoms with van der Waals surface area (Å²) in [4.78, 5) is 1.14. The lowest BCUT2D eigenvalue weighted by Gasteiger charge is -2.14. The van der Waals surface area contributed by atoms with Gasteiger partial charge < -0.3 is 15.2 Å². The Labute approximate surface area is 125 Å². The van der Waals surface area contributed by atoms with Crippen LogP contribution in [0.15, 0.2) is 40.2 Å². The van der Waals surface area contributed by atoms with E-state index in [2.05, 4.69) is 15.9 Å². The van der Waals surface area contributed by atoms with Gasteiger partial charge >= 0.3 is 0 Å². The lowest BCUT2D eigenvalue weighted by molar-refractivity contribution is 0.0479. The Kier molecular flexibility index (Phi) is 5.39. The molecule has 0 saturated carbocycles. The van der Waals surface area contributed by atoms with Gasteiger partial charge in [-0.25, -0.2) is 0 Å². The minimum Gasteiger partial charge on any atom is -0.497 e. The molecule has 102 valence electrons. The van der Waals surface area contributed by atoms with Crippen LogP contribution in [0.3, 0.4) is 0 Å². The van der Waals surface area contributed by atoms with Crippen LogP contribution in [0.2, 0.25) is 0 Å². The SMILES string of the molecule is COc1cccc(COC(CN)c2cc(Br)cs2)c1. The Balaban J connectivity index is 1.99. The van der Waals surface area contributed by atoms with E-state index in [1.807, 2.05) is 35.7 Å². The molecule has 2 aromatic rings. The van der Waals surface area contributed by atoms with Crippen molar-refractivity contribution in [1.29, 1.82) is 0 Å². The average Bonchev–Trinajstić information content (AvgIpc) is 2.86. The minimum atomic E-state index is -0.0671. The highest BCUT2D eigenvalue weighted by atomic mass is 79.9. The molecule has 0 saturated heterocycles. The predicted molar refractivity (Wildman–Crippen MR) is 81.6 cm³/mol. The third-order valence-electron chi connectivity index (χ3n) is 2.70. The van der Waals surface area contributed by atoms with E-state index >= 15 is 0 Å². The van der Waals surface area contributed by atoms with Gasteiger partial charge in [-0.1, -0.05) is 12.1 Å². The van der Waals surface area contributed by atoms with Crippen LogP contribution in [0.5, 0.6) is 5.75 Å². The molecule has 1 unspecified atom stereocenters. The van der Waals surface area contributed by atoms with Gasteiger partial charge in [0.05, 0.1) is 13.7 Å². The molecule has 1 atom stereocenters. The number of hydrogen-bond donors (Lipinski definition) is 1. The molecule has 0 spiro atoms. The maximum atomic E-state index is 5.89. The van der Waals surface area contributed by atoms with Gasteiger partial charge in [0, 0.05) is 21.3 Å². The van der Waals surface area contributed by atoms with Crippen molar-refractivity contribution in [1.82, 2.24) is 0 Å². The standard InChI is InChI=1S/C14H16BrNO2S/c1-17-12-4-2-3-10(5-12)8-18-13(7-16)14-6-11(15)9-19-14/h2-6,9,13H,7-8,16H2,1H3. The largest absolute Gasteiger partial charge is 0.497 e. The van der Waals surface area contributed by atoms with Crippen LogP contribution < -0.4 is 10.5 Å². The molecule has 3 nitrogen and oxygen atoms in total. The Bertz CT molecular complexity index is 530. The molecule has 0 aliphatic heterocycles. The molecule has 19 heavy (non-hydrogen) atoms. The zero-order valence-electron chi connectivity index (χ0n) is 10.6. The summed E-state index contributed by atoms with van der Waals surface area (Å²) < 4.78 is 12.1. The molecule has 1 aromatic carbocycles.